The number of nitrogens with one attached hydrogen (secondary N) is 1. The number of rotatable bonds is 11. The maximum absolute atomic E-state index is 11.7. The molecule has 2 fully saturated rings. The van der Waals surface area contributed by atoms with Crippen molar-refractivity contribution in [1.82, 2.24) is 9.80 Å². The number of nitrogens with two attached hydrogens (primary N) is 1. The predicted octanol–water partition coefficient (Wildman–Crippen LogP) is 3.59. The first-order chi connectivity index (χ1) is 15.7. The van der Waals surface area contributed by atoms with Crippen LogP contribution in [0, 0.1) is 17.7 Å². The number of allylic oxidation sites excluding steroid dienone is 1. The van der Waals surface area contributed by atoms with Crippen LogP contribution >= 0.6 is 11.6 Å². The Labute approximate surface area is 200 Å². The van der Waals surface area contributed by atoms with E-state index < -0.39 is 5.91 Å². The molecule has 1 saturated carbocycles. The van der Waals surface area contributed by atoms with E-state index in [1.807, 2.05) is 50.3 Å². The topological polar surface area (TPSA) is 99.7 Å². The second kappa shape index (κ2) is 10.5. The Morgan fingerprint density at radius 3 is 2.61 bits per heavy atom. The van der Waals surface area contributed by atoms with Gasteiger partial charge in [-0.3, -0.25) is 9.59 Å². The normalized spacial score (nSPS) is 18.4. The number of aryl methyl sites for hydroxylation is 1. The minimum absolute atomic E-state index is 0.0438. The number of ether oxygens (including phenoxy) is 1. The Balaban J connectivity index is 1.50. The third-order valence-corrected chi connectivity index (χ3v) is 6.88. The molecule has 1 amide bonds. The van der Waals surface area contributed by atoms with E-state index in [0.717, 1.165) is 68.3 Å². The van der Waals surface area contributed by atoms with Crippen LogP contribution in [-0.2, 0) is 4.79 Å². The predicted molar refractivity (Wildman–Crippen MR) is 132 cm³/mol. The van der Waals surface area contributed by atoms with E-state index in [0.29, 0.717) is 23.0 Å². The Hall–Kier alpha value is -2.64. The van der Waals surface area contributed by atoms with Crippen LogP contribution in [0.1, 0.15) is 47.2 Å². The van der Waals surface area contributed by atoms with Crippen molar-refractivity contribution in [3.8, 4) is 5.75 Å². The van der Waals surface area contributed by atoms with E-state index in [1.54, 1.807) is 0 Å². The number of carbonyl (C=O) groups is 2. The molecule has 7 nitrogen and oxygen atoms in total. The zero-order valence-electron chi connectivity index (χ0n) is 19.6. The van der Waals surface area contributed by atoms with Gasteiger partial charge in [-0.15, -0.1) is 0 Å². The summed E-state index contributed by atoms with van der Waals surface area (Å²) >= 11 is 5.88. The number of nitrogens with zero attached hydrogens (tertiary/aromatic N) is 2. The van der Waals surface area contributed by atoms with E-state index in [-0.39, 0.29) is 11.1 Å². The van der Waals surface area contributed by atoms with Gasteiger partial charge in [-0.25, -0.2) is 0 Å². The van der Waals surface area contributed by atoms with Gasteiger partial charge in [-0.1, -0.05) is 17.7 Å². The summed E-state index contributed by atoms with van der Waals surface area (Å²) in [7, 11) is 3.89. The average Bonchev–Trinajstić information content (AvgIpc) is 2.72. The monoisotopic (exact) mass is 472 g/mol. The summed E-state index contributed by atoms with van der Waals surface area (Å²) in [6.07, 6.45) is 9.43. The van der Waals surface area contributed by atoms with Gasteiger partial charge in [0, 0.05) is 49.9 Å². The van der Waals surface area contributed by atoms with Crippen molar-refractivity contribution >= 4 is 36.1 Å². The van der Waals surface area contributed by atoms with Gasteiger partial charge < -0.3 is 25.7 Å². The molecule has 3 N–H and O–H groups in total. The minimum atomic E-state index is -0.687. The highest BCUT2D eigenvalue weighted by Crippen LogP contribution is 2.50. The van der Waals surface area contributed by atoms with Crippen LogP contribution in [0.3, 0.4) is 0 Å². The summed E-state index contributed by atoms with van der Waals surface area (Å²) in [6.45, 7) is 4.89. The maximum atomic E-state index is 11.7. The number of hydrogen-bond acceptors (Lipinski definition) is 6. The van der Waals surface area contributed by atoms with Crippen LogP contribution in [0.15, 0.2) is 28.9 Å². The molecular formula is C25H33ClN4O3. The molecule has 1 heterocycles. The molecule has 1 aromatic rings. The molecule has 1 aromatic carbocycles. The summed E-state index contributed by atoms with van der Waals surface area (Å²) in [6, 6.07) is 3.90. The van der Waals surface area contributed by atoms with Crippen LogP contribution < -0.4 is 10.5 Å². The van der Waals surface area contributed by atoms with Crippen LogP contribution in [0.2, 0.25) is 0 Å². The first-order valence-corrected chi connectivity index (χ1v) is 11.6. The fourth-order valence-corrected chi connectivity index (χ4v) is 4.91. The first-order valence-electron chi connectivity index (χ1n) is 11.2. The molecule has 0 bridgehead atoms. The van der Waals surface area contributed by atoms with Crippen molar-refractivity contribution in [2.24, 2.45) is 11.1 Å². The molecule has 0 aromatic heterocycles. The Bertz CT molecular complexity index is 972. The quantitative estimate of drug-likeness (QED) is 0.291. The third-order valence-electron chi connectivity index (χ3n) is 6.45. The Morgan fingerprint density at radius 2 is 2.03 bits per heavy atom. The van der Waals surface area contributed by atoms with Gasteiger partial charge in [0.15, 0.2) is 6.29 Å². The number of halogens is 1. The van der Waals surface area contributed by atoms with Crippen molar-refractivity contribution in [1.29, 1.82) is 5.41 Å². The number of carbonyl (C=O) groups excluding carboxylic acids is 2. The molecule has 178 valence electrons. The largest absolute Gasteiger partial charge is 0.490 e. The van der Waals surface area contributed by atoms with E-state index >= 15 is 0 Å². The lowest BCUT2D eigenvalue weighted by Crippen LogP contribution is -2.64. The highest BCUT2D eigenvalue weighted by molar-refractivity contribution is 6.43. The average molecular weight is 473 g/mol. The number of primary amides is 1. The van der Waals surface area contributed by atoms with Gasteiger partial charge in [0.1, 0.15) is 10.8 Å². The van der Waals surface area contributed by atoms with Gasteiger partial charge in [-0.05, 0) is 68.6 Å². The minimum Gasteiger partial charge on any atom is -0.490 e. The molecule has 0 unspecified atom stereocenters. The number of aldehydes is 1. The van der Waals surface area contributed by atoms with Crippen LogP contribution in [0.4, 0.5) is 0 Å². The Kier molecular flexibility index (Phi) is 7.97. The molecule has 33 heavy (non-hydrogen) atoms. The van der Waals surface area contributed by atoms with E-state index in [9.17, 15) is 9.59 Å². The second-order valence-electron chi connectivity index (χ2n) is 9.42. The third kappa shape index (κ3) is 5.84. The zero-order valence-corrected chi connectivity index (χ0v) is 20.3. The maximum Gasteiger partial charge on any atom is 0.260 e. The first kappa shape index (κ1) is 25.0. The molecular weight excluding hydrogens is 440 g/mol. The standard InChI is InChI=1S/C25H33ClN4O3/c1-17-6-7-22(20(21(17)14-31)8-10-29(2)3)33-19-11-25(12-19)15-30(16-25)9-4-5-18(13-27)23(26)24(28)32/h6-8,10,13-14,19,27H,4-5,9,11-12,15-16H2,1-3H3,(H2,28,32)/b10-8-,23-18+,27-13?. The van der Waals surface area contributed by atoms with Gasteiger partial charge in [0.2, 0.25) is 0 Å². The SMILES string of the molecule is Cc1ccc(OC2CC3(C2)CN(CCC/C(C=N)=C(\Cl)C(N)=O)C3)c(/C=C\N(C)C)c1C=O. The lowest BCUT2D eigenvalue weighted by molar-refractivity contribution is -0.119. The van der Waals surface area contributed by atoms with Crippen molar-refractivity contribution < 1.29 is 14.3 Å². The highest BCUT2D eigenvalue weighted by Gasteiger charge is 2.53. The molecule has 3 rings (SSSR count). The molecule has 1 saturated heterocycles. The number of hydrogen-bond donors (Lipinski definition) is 2. The van der Waals surface area contributed by atoms with Gasteiger partial charge in [0.25, 0.3) is 5.91 Å². The number of amides is 1. The molecule has 0 atom stereocenters. The second-order valence-corrected chi connectivity index (χ2v) is 9.79. The van der Waals surface area contributed by atoms with Crippen molar-refractivity contribution in [2.45, 2.75) is 38.7 Å². The van der Waals surface area contributed by atoms with Crippen LogP contribution in [0.25, 0.3) is 6.08 Å². The molecule has 0 radical (unpaired) electrons. The van der Waals surface area contributed by atoms with Crippen molar-refractivity contribution in [3.05, 3.63) is 45.6 Å². The molecule has 1 aliphatic carbocycles. The molecule has 2 aliphatic rings. The number of likely N-dealkylation sites (tertiary alicyclic amines) is 1. The highest BCUT2D eigenvalue weighted by atomic mass is 35.5. The summed E-state index contributed by atoms with van der Waals surface area (Å²) in [4.78, 5) is 27.2. The fourth-order valence-electron chi connectivity index (χ4n) is 4.76. The molecule has 1 spiro atoms. The zero-order chi connectivity index (χ0) is 24.2. The Morgan fingerprint density at radius 1 is 1.33 bits per heavy atom. The lowest BCUT2D eigenvalue weighted by Gasteiger charge is -2.58. The van der Waals surface area contributed by atoms with Crippen LogP contribution in [0.5, 0.6) is 5.75 Å². The number of benzene rings is 1. The summed E-state index contributed by atoms with van der Waals surface area (Å²) in [5.74, 6) is 0.0712. The fraction of sp³-hybridized carbons (Fsp3) is 0.480. The van der Waals surface area contributed by atoms with Crippen molar-refractivity contribution in [3.63, 3.8) is 0 Å². The summed E-state index contributed by atoms with van der Waals surface area (Å²) in [5.41, 5.74) is 8.44. The summed E-state index contributed by atoms with van der Waals surface area (Å²) < 4.78 is 6.32. The van der Waals surface area contributed by atoms with Gasteiger partial charge in [-0.2, -0.15) is 0 Å². The van der Waals surface area contributed by atoms with Crippen LogP contribution in [-0.4, -0.2) is 68.0 Å². The van der Waals surface area contributed by atoms with E-state index in [4.69, 9.17) is 27.5 Å². The van der Waals surface area contributed by atoms with Crippen molar-refractivity contribution in [2.75, 3.05) is 33.7 Å². The summed E-state index contributed by atoms with van der Waals surface area (Å²) in [5, 5.41) is 7.37. The van der Waals surface area contributed by atoms with Gasteiger partial charge in [0.05, 0.1) is 6.10 Å². The molecule has 8 heteroatoms. The smallest absolute Gasteiger partial charge is 0.260 e. The van der Waals surface area contributed by atoms with E-state index in [1.165, 1.54) is 0 Å². The van der Waals surface area contributed by atoms with E-state index in [2.05, 4.69) is 4.90 Å². The molecule has 1 aliphatic heterocycles. The van der Waals surface area contributed by atoms with Gasteiger partial charge >= 0.3 is 0 Å². The lowest BCUT2D eigenvalue weighted by atomic mass is 9.61.